The topological polar surface area (TPSA) is 63.4 Å². The molecule has 0 spiro atoms. The number of benzene rings is 1. The second-order valence-electron chi connectivity index (χ2n) is 5.32. The summed E-state index contributed by atoms with van der Waals surface area (Å²) < 4.78 is 53.5. The predicted molar refractivity (Wildman–Crippen MR) is 86.4 cm³/mol. The van der Waals surface area contributed by atoms with Crippen molar-refractivity contribution in [1.82, 2.24) is 4.31 Å². The van der Waals surface area contributed by atoms with E-state index >= 15 is 0 Å². The summed E-state index contributed by atoms with van der Waals surface area (Å²) in [6, 6.07) is 1.40. The van der Waals surface area contributed by atoms with Crippen molar-refractivity contribution in [3.05, 3.63) is 28.2 Å². The molecule has 0 saturated carbocycles. The fraction of sp³-hybridized carbons (Fsp3) is 0.538. The summed E-state index contributed by atoms with van der Waals surface area (Å²) in [7, 11) is -4.06. The molecule has 1 aromatic rings. The van der Waals surface area contributed by atoms with Gasteiger partial charge in [-0.15, -0.1) is 12.4 Å². The Labute approximate surface area is 143 Å². The molecule has 2 unspecified atom stereocenters. The highest BCUT2D eigenvalue weighted by Crippen LogP contribution is 2.29. The van der Waals surface area contributed by atoms with Crippen LogP contribution in [0.5, 0.6) is 0 Å². The van der Waals surface area contributed by atoms with Crippen LogP contribution in [0.15, 0.2) is 21.5 Å². The third kappa shape index (κ3) is 3.97. The number of hydrogen-bond acceptors (Lipinski definition) is 3. The Balaban J connectivity index is 0.00000242. The lowest BCUT2D eigenvalue weighted by Gasteiger charge is -2.33. The van der Waals surface area contributed by atoms with Gasteiger partial charge in [-0.1, -0.05) is 0 Å². The fourth-order valence-electron chi connectivity index (χ4n) is 2.46. The minimum Gasteiger partial charge on any atom is -0.328 e. The zero-order valence-corrected chi connectivity index (χ0v) is 15.1. The van der Waals surface area contributed by atoms with Crippen molar-refractivity contribution in [2.45, 2.75) is 30.7 Å². The van der Waals surface area contributed by atoms with Crippen LogP contribution in [0.2, 0.25) is 0 Å². The summed E-state index contributed by atoms with van der Waals surface area (Å²) in [5.74, 6) is -1.75. The van der Waals surface area contributed by atoms with Crippen molar-refractivity contribution < 1.29 is 17.2 Å². The molecule has 0 aromatic heterocycles. The van der Waals surface area contributed by atoms with Crippen LogP contribution in [0.3, 0.4) is 0 Å². The quantitative estimate of drug-likeness (QED) is 0.766. The highest BCUT2D eigenvalue weighted by molar-refractivity contribution is 9.10. The summed E-state index contributed by atoms with van der Waals surface area (Å²) in [5.41, 5.74) is 5.82. The Morgan fingerprint density at radius 2 is 2.00 bits per heavy atom. The van der Waals surface area contributed by atoms with Gasteiger partial charge in [-0.05, 0) is 53.7 Å². The van der Waals surface area contributed by atoms with Gasteiger partial charge in [-0.2, -0.15) is 4.31 Å². The second-order valence-corrected chi connectivity index (χ2v) is 8.08. The van der Waals surface area contributed by atoms with Gasteiger partial charge in [0, 0.05) is 19.1 Å². The normalized spacial score (nSPS) is 21.2. The van der Waals surface area contributed by atoms with Crippen LogP contribution < -0.4 is 5.73 Å². The number of nitrogens with two attached hydrogens (primary N) is 1. The van der Waals surface area contributed by atoms with Crippen molar-refractivity contribution >= 4 is 38.4 Å². The first-order valence-corrected chi connectivity index (χ1v) is 8.87. The maximum Gasteiger partial charge on any atom is 0.246 e. The third-order valence-electron chi connectivity index (χ3n) is 3.76. The first kappa shape index (κ1) is 19.8. The van der Waals surface area contributed by atoms with Gasteiger partial charge in [0.15, 0.2) is 0 Å². The van der Waals surface area contributed by atoms with E-state index in [9.17, 15) is 17.2 Å². The van der Waals surface area contributed by atoms with Gasteiger partial charge in [0.1, 0.15) is 16.5 Å². The maximum atomic E-state index is 13.9. The van der Waals surface area contributed by atoms with E-state index in [0.29, 0.717) is 19.0 Å². The zero-order valence-electron chi connectivity index (χ0n) is 11.9. The summed E-state index contributed by atoms with van der Waals surface area (Å²) in [6.45, 7) is 2.35. The van der Waals surface area contributed by atoms with Crippen LogP contribution in [0, 0.1) is 17.6 Å². The predicted octanol–water partition coefficient (Wildman–Crippen LogP) is 2.90. The number of sulfonamides is 1. The SMILES string of the molecule is CC(N)C1CCCN(S(=O)(=O)c2cc(F)c(Br)cc2F)C1.Cl. The second kappa shape index (κ2) is 7.53. The molecule has 22 heavy (non-hydrogen) atoms. The Morgan fingerprint density at radius 1 is 1.36 bits per heavy atom. The summed E-state index contributed by atoms with van der Waals surface area (Å²) in [5, 5.41) is 0. The Morgan fingerprint density at radius 3 is 2.59 bits per heavy atom. The van der Waals surface area contributed by atoms with Crippen LogP contribution in [0.4, 0.5) is 8.78 Å². The molecule has 2 N–H and O–H groups in total. The van der Waals surface area contributed by atoms with Crippen LogP contribution in [0.1, 0.15) is 19.8 Å². The van der Waals surface area contributed by atoms with E-state index in [2.05, 4.69) is 15.9 Å². The molecular weight excluding hydrogens is 402 g/mol. The van der Waals surface area contributed by atoms with Gasteiger partial charge in [0.25, 0.3) is 0 Å². The molecule has 126 valence electrons. The lowest BCUT2D eigenvalue weighted by atomic mass is 9.93. The van der Waals surface area contributed by atoms with Crippen molar-refractivity contribution in [3.8, 4) is 0 Å². The number of halogens is 4. The molecule has 4 nitrogen and oxygen atoms in total. The van der Waals surface area contributed by atoms with Gasteiger partial charge < -0.3 is 5.73 Å². The van der Waals surface area contributed by atoms with Crippen LogP contribution >= 0.6 is 28.3 Å². The van der Waals surface area contributed by atoms with E-state index in [4.69, 9.17) is 5.73 Å². The Bertz CT molecular complexity index is 643. The first-order chi connectivity index (χ1) is 9.73. The van der Waals surface area contributed by atoms with E-state index in [1.54, 1.807) is 0 Å². The number of nitrogens with zero attached hydrogens (tertiary/aromatic N) is 1. The van der Waals surface area contributed by atoms with Crippen molar-refractivity contribution in [2.75, 3.05) is 13.1 Å². The van der Waals surface area contributed by atoms with E-state index in [-0.39, 0.29) is 35.4 Å². The van der Waals surface area contributed by atoms with Gasteiger partial charge >= 0.3 is 0 Å². The van der Waals surface area contributed by atoms with Gasteiger partial charge in [0.05, 0.1) is 4.47 Å². The van der Waals surface area contributed by atoms with E-state index < -0.39 is 26.6 Å². The molecule has 2 rings (SSSR count). The first-order valence-electron chi connectivity index (χ1n) is 6.63. The molecule has 2 atom stereocenters. The molecule has 9 heteroatoms. The Kier molecular flexibility index (Phi) is 6.76. The number of rotatable bonds is 3. The average molecular weight is 420 g/mol. The van der Waals surface area contributed by atoms with Crippen molar-refractivity contribution in [2.24, 2.45) is 11.7 Å². The van der Waals surface area contributed by atoms with E-state index in [0.717, 1.165) is 12.5 Å². The molecule has 1 aliphatic heterocycles. The largest absolute Gasteiger partial charge is 0.328 e. The Hall–Kier alpha value is -0.280. The highest BCUT2D eigenvalue weighted by Gasteiger charge is 2.33. The minimum atomic E-state index is -4.06. The summed E-state index contributed by atoms with van der Waals surface area (Å²) in [4.78, 5) is -0.631. The zero-order chi connectivity index (χ0) is 15.8. The molecule has 0 aliphatic carbocycles. The lowest BCUT2D eigenvalue weighted by molar-refractivity contribution is 0.242. The van der Waals surface area contributed by atoms with E-state index in [1.807, 2.05) is 6.92 Å². The number of hydrogen-bond donors (Lipinski definition) is 1. The van der Waals surface area contributed by atoms with Crippen LogP contribution in [-0.2, 0) is 10.0 Å². The summed E-state index contributed by atoms with van der Waals surface area (Å²) in [6.07, 6.45) is 1.49. The average Bonchev–Trinajstić information content (AvgIpc) is 2.42. The van der Waals surface area contributed by atoms with Crippen molar-refractivity contribution in [3.63, 3.8) is 0 Å². The lowest BCUT2D eigenvalue weighted by Crippen LogP contribution is -2.45. The molecule has 0 amide bonds. The number of piperidine rings is 1. The highest BCUT2D eigenvalue weighted by atomic mass is 79.9. The standard InChI is InChI=1S/C13H17BrF2N2O2S.ClH/c1-8(17)9-3-2-4-18(7-9)21(19,20)13-6-11(15)10(14)5-12(13)16;/h5-6,8-9H,2-4,7,17H2,1H3;1H. The summed E-state index contributed by atoms with van der Waals surface area (Å²) >= 11 is 2.83. The van der Waals surface area contributed by atoms with Gasteiger partial charge in [-0.3, -0.25) is 0 Å². The maximum absolute atomic E-state index is 13.9. The molecule has 1 aliphatic rings. The monoisotopic (exact) mass is 418 g/mol. The van der Waals surface area contributed by atoms with Crippen LogP contribution in [-0.4, -0.2) is 31.9 Å². The molecule has 1 saturated heterocycles. The minimum absolute atomic E-state index is 0. The molecule has 0 radical (unpaired) electrons. The molecule has 0 bridgehead atoms. The van der Waals surface area contributed by atoms with Gasteiger partial charge in [0.2, 0.25) is 10.0 Å². The third-order valence-corrected chi connectivity index (χ3v) is 6.24. The van der Waals surface area contributed by atoms with Gasteiger partial charge in [-0.25, -0.2) is 17.2 Å². The van der Waals surface area contributed by atoms with Crippen molar-refractivity contribution in [1.29, 1.82) is 0 Å². The van der Waals surface area contributed by atoms with E-state index in [1.165, 1.54) is 4.31 Å². The fourth-order valence-corrected chi connectivity index (χ4v) is 4.37. The molecule has 1 aromatic carbocycles. The molecular formula is C13H18BrClF2N2O2S. The van der Waals surface area contributed by atoms with Crippen LogP contribution in [0.25, 0.3) is 0 Å². The molecule has 1 fully saturated rings. The molecule has 1 heterocycles. The smallest absolute Gasteiger partial charge is 0.246 e.